The van der Waals surface area contributed by atoms with E-state index in [0.717, 1.165) is 16.5 Å². The molecule has 1 fully saturated rings. The summed E-state index contributed by atoms with van der Waals surface area (Å²) in [5.74, 6) is -0.890. The molecule has 0 aromatic carbocycles. The smallest absolute Gasteiger partial charge is 0.270 e. The Labute approximate surface area is 161 Å². The number of aliphatic hydroxyl groups is 1. The molecular weight excluding hydrogens is 363 g/mol. The molecule has 0 radical (unpaired) electrons. The third-order valence-electron chi connectivity index (χ3n) is 4.98. The van der Waals surface area contributed by atoms with Gasteiger partial charge in [-0.3, -0.25) is 4.79 Å². The molecule has 0 aliphatic carbocycles. The predicted molar refractivity (Wildman–Crippen MR) is 100 cm³/mol. The highest BCUT2D eigenvalue weighted by Gasteiger charge is 2.26. The molecule has 2 N–H and O–H groups in total. The van der Waals surface area contributed by atoms with Gasteiger partial charge in [0.05, 0.1) is 18.8 Å². The molecule has 0 saturated carbocycles. The van der Waals surface area contributed by atoms with Gasteiger partial charge in [0.2, 0.25) is 5.95 Å². The number of amides is 1. The number of hydrogen-bond donors (Lipinski definition) is 2. The van der Waals surface area contributed by atoms with Crippen LogP contribution in [0.3, 0.4) is 0 Å². The summed E-state index contributed by atoms with van der Waals surface area (Å²) in [7, 11) is 1.86. The first-order valence-electron chi connectivity index (χ1n) is 9.13. The maximum Gasteiger partial charge on any atom is 0.270 e. The molecule has 1 aliphatic rings. The van der Waals surface area contributed by atoms with Crippen LogP contribution in [0.2, 0.25) is 0 Å². The number of nitrogens with zero attached hydrogens (tertiary/aromatic N) is 3. The molecule has 2 atom stereocenters. The van der Waals surface area contributed by atoms with Gasteiger partial charge in [-0.05, 0) is 48.2 Å². The lowest BCUT2D eigenvalue weighted by molar-refractivity contribution is -0.0261. The van der Waals surface area contributed by atoms with Crippen LogP contribution in [0, 0.1) is 5.95 Å². The zero-order chi connectivity index (χ0) is 19.7. The van der Waals surface area contributed by atoms with E-state index in [1.807, 2.05) is 23.9 Å². The van der Waals surface area contributed by atoms with E-state index in [-0.39, 0.29) is 24.2 Å². The molecule has 3 aromatic rings. The van der Waals surface area contributed by atoms with Crippen molar-refractivity contribution < 1.29 is 19.0 Å². The van der Waals surface area contributed by atoms with Gasteiger partial charge in [-0.15, -0.1) is 0 Å². The molecule has 0 bridgehead atoms. The molecule has 146 valence electrons. The van der Waals surface area contributed by atoms with Gasteiger partial charge >= 0.3 is 0 Å². The molecule has 28 heavy (non-hydrogen) atoms. The first-order chi connectivity index (χ1) is 13.5. The summed E-state index contributed by atoms with van der Waals surface area (Å²) in [6.07, 6.45) is 3.55. The second kappa shape index (κ2) is 7.65. The summed E-state index contributed by atoms with van der Waals surface area (Å²) in [6, 6.07) is 6.41. The first kappa shape index (κ1) is 18.5. The van der Waals surface area contributed by atoms with Crippen molar-refractivity contribution in [1.29, 1.82) is 0 Å². The lowest BCUT2D eigenvalue weighted by Gasteiger charge is -2.28. The number of pyridine rings is 2. The number of hydrogen-bond acceptors (Lipinski definition) is 5. The average molecular weight is 384 g/mol. The number of ether oxygens (including phenoxy) is 1. The molecule has 1 amide bonds. The van der Waals surface area contributed by atoms with Crippen LogP contribution in [0.25, 0.3) is 11.0 Å². The number of carbonyl (C=O) groups is 1. The van der Waals surface area contributed by atoms with Crippen molar-refractivity contribution in [1.82, 2.24) is 19.9 Å². The van der Waals surface area contributed by atoms with Crippen LogP contribution in [-0.2, 0) is 18.2 Å². The third kappa shape index (κ3) is 3.74. The Morgan fingerprint density at radius 1 is 1.43 bits per heavy atom. The van der Waals surface area contributed by atoms with Gasteiger partial charge in [0.15, 0.2) is 0 Å². The number of aryl methyl sites for hydroxylation is 1. The number of fused-ring (bicyclic) bond motifs is 1. The van der Waals surface area contributed by atoms with Crippen LogP contribution in [0.5, 0.6) is 0 Å². The van der Waals surface area contributed by atoms with Gasteiger partial charge in [0, 0.05) is 31.4 Å². The number of carbonyl (C=O) groups excluding carboxylic acids is 1. The molecule has 1 aliphatic heterocycles. The Hall–Kier alpha value is -2.84. The number of aliphatic hydroxyl groups excluding tert-OH is 1. The molecule has 0 spiro atoms. The predicted octanol–water partition coefficient (Wildman–Crippen LogP) is 1.58. The number of nitrogens with one attached hydrogen (secondary N) is 1. The fraction of sp³-hybridized carbons (Fsp3) is 0.350. The molecule has 4 rings (SSSR count). The van der Waals surface area contributed by atoms with E-state index < -0.39 is 12.1 Å². The average Bonchev–Trinajstić information content (AvgIpc) is 3.05. The number of aromatic nitrogens is 3. The molecule has 0 unspecified atom stereocenters. The Bertz CT molecular complexity index is 1020. The molecule has 8 heteroatoms. The van der Waals surface area contributed by atoms with Gasteiger partial charge in [0.1, 0.15) is 11.3 Å². The van der Waals surface area contributed by atoms with E-state index in [9.17, 15) is 14.3 Å². The third-order valence-corrected chi connectivity index (χ3v) is 4.98. The van der Waals surface area contributed by atoms with Crippen molar-refractivity contribution in [2.24, 2.45) is 7.05 Å². The van der Waals surface area contributed by atoms with E-state index in [1.165, 1.54) is 12.3 Å². The Balaban J connectivity index is 1.67. The maximum atomic E-state index is 13.5. The molecule has 3 aromatic heterocycles. The lowest BCUT2D eigenvalue weighted by atomic mass is 10.0. The van der Waals surface area contributed by atoms with Crippen LogP contribution in [0.4, 0.5) is 4.39 Å². The van der Waals surface area contributed by atoms with Crippen molar-refractivity contribution in [3.8, 4) is 0 Å². The topological polar surface area (TPSA) is 89.3 Å². The minimum Gasteiger partial charge on any atom is -0.389 e. The highest BCUT2D eigenvalue weighted by atomic mass is 19.1. The van der Waals surface area contributed by atoms with Crippen molar-refractivity contribution in [2.75, 3.05) is 13.2 Å². The highest BCUT2D eigenvalue weighted by molar-refractivity contribution is 5.95. The standard InChI is InChI=1S/C20H21FN4O3/c1-25-6-3-14-13(8-12-2-5-22-18(21)9-12)10-16(23-19(14)25)20(27)24-15-4-7-28-11-17(15)26/h2-3,5-6,9-10,15,17,26H,4,7-8,11H2,1H3,(H,24,27)/t15-,17-/m1/s1. The van der Waals surface area contributed by atoms with Crippen molar-refractivity contribution in [3.05, 3.63) is 59.4 Å². The molecule has 4 heterocycles. The van der Waals surface area contributed by atoms with Crippen LogP contribution in [0.15, 0.2) is 36.7 Å². The normalized spacial score (nSPS) is 19.7. The molecule has 7 nitrogen and oxygen atoms in total. The zero-order valence-corrected chi connectivity index (χ0v) is 15.4. The summed E-state index contributed by atoms with van der Waals surface area (Å²) in [6.45, 7) is 0.694. The van der Waals surface area contributed by atoms with Gasteiger partial charge in [-0.1, -0.05) is 0 Å². The van der Waals surface area contributed by atoms with Crippen LogP contribution >= 0.6 is 0 Å². The minimum absolute atomic E-state index is 0.202. The monoisotopic (exact) mass is 384 g/mol. The van der Waals surface area contributed by atoms with Gasteiger partial charge < -0.3 is 19.7 Å². The lowest BCUT2D eigenvalue weighted by Crippen LogP contribution is -2.48. The summed E-state index contributed by atoms with van der Waals surface area (Å²) in [5, 5.41) is 13.8. The van der Waals surface area contributed by atoms with Crippen molar-refractivity contribution in [2.45, 2.75) is 25.0 Å². The fourth-order valence-corrected chi connectivity index (χ4v) is 3.47. The quantitative estimate of drug-likeness (QED) is 0.667. The van der Waals surface area contributed by atoms with E-state index in [2.05, 4.69) is 15.3 Å². The Morgan fingerprint density at radius 2 is 2.29 bits per heavy atom. The van der Waals surface area contributed by atoms with Gasteiger partial charge in [0.25, 0.3) is 5.91 Å². The summed E-state index contributed by atoms with van der Waals surface area (Å²) >= 11 is 0. The van der Waals surface area contributed by atoms with Crippen molar-refractivity contribution in [3.63, 3.8) is 0 Å². The number of halogens is 1. The highest BCUT2D eigenvalue weighted by Crippen LogP contribution is 2.22. The van der Waals surface area contributed by atoms with Gasteiger partial charge in [-0.2, -0.15) is 4.39 Å². The molecular formula is C20H21FN4O3. The zero-order valence-electron chi connectivity index (χ0n) is 15.4. The van der Waals surface area contributed by atoms with Crippen LogP contribution < -0.4 is 5.32 Å². The second-order valence-electron chi connectivity index (χ2n) is 7.01. The molecule has 1 saturated heterocycles. The minimum atomic E-state index is -0.740. The second-order valence-corrected chi connectivity index (χ2v) is 7.01. The summed E-state index contributed by atoms with van der Waals surface area (Å²) in [5.41, 5.74) is 2.56. The van der Waals surface area contributed by atoms with E-state index in [1.54, 1.807) is 12.1 Å². The Kier molecular flexibility index (Phi) is 5.06. The van der Waals surface area contributed by atoms with Crippen LogP contribution in [-0.4, -0.2) is 50.9 Å². The van der Waals surface area contributed by atoms with E-state index in [4.69, 9.17) is 4.74 Å². The SMILES string of the molecule is Cn1ccc2c(Cc3ccnc(F)c3)cc(C(=O)N[C@@H]3CCOC[C@H]3O)nc21. The Morgan fingerprint density at radius 3 is 3.07 bits per heavy atom. The summed E-state index contributed by atoms with van der Waals surface area (Å²) in [4.78, 5) is 20.9. The maximum absolute atomic E-state index is 13.5. The van der Waals surface area contributed by atoms with Crippen LogP contribution in [0.1, 0.15) is 28.0 Å². The number of rotatable bonds is 4. The largest absolute Gasteiger partial charge is 0.389 e. The van der Waals surface area contributed by atoms with Crippen molar-refractivity contribution >= 4 is 16.9 Å². The van der Waals surface area contributed by atoms with Gasteiger partial charge in [-0.25, -0.2) is 9.97 Å². The van der Waals surface area contributed by atoms with E-state index in [0.29, 0.717) is 25.1 Å². The fourth-order valence-electron chi connectivity index (χ4n) is 3.47. The summed E-state index contributed by atoms with van der Waals surface area (Å²) < 4.78 is 20.5. The van der Waals surface area contributed by atoms with E-state index >= 15 is 0 Å². The first-order valence-corrected chi connectivity index (χ1v) is 9.13.